The summed E-state index contributed by atoms with van der Waals surface area (Å²) < 4.78 is 12.3. The normalized spacial score (nSPS) is 11.6. The number of hydrogen-bond donors (Lipinski definition) is 3. The number of urea groups is 1. The van der Waals surface area contributed by atoms with Crippen LogP contribution in [0, 0.1) is 0 Å². The van der Waals surface area contributed by atoms with Crippen molar-refractivity contribution in [2.75, 3.05) is 26.1 Å². The number of methoxy groups -OCH3 is 2. The number of benzene rings is 2. The summed E-state index contributed by atoms with van der Waals surface area (Å²) in [6, 6.07) is 14.1. The van der Waals surface area contributed by atoms with E-state index in [4.69, 9.17) is 9.47 Å². The monoisotopic (exact) mass is 396 g/mol. The summed E-state index contributed by atoms with van der Waals surface area (Å²) in [4.78, 5) is 12.2. The zero-order chi connectivity index (χ0) is 20.6. The standard InChI is InChI=1S/C21H24N4O4/c1-28-17-8-9-20(29-2)18(12-17)19(26)13-22-21(27)24-16-6-4-15(5-7-16)14-25-11-3-10-23-25/h3-12,19,26H,13-14H2,1-2H3,(H2,22,24,27). The van der Waals surface area contributed by atoms with Crippen LogP contribution in [0.15, 0.2) is 60.9 Å². The highest BCUT2D eigenvalue weighted by atomic mass is 16.5. The summed E-state index contributed by atoms with van der Waals surface area (Å²) in [7, 11) is 3.07. The Morgan fingerprint density at radius 1 is 1.17 bits per heavy atom. The molecule has 8 heteroatoms. The maximum atomic E-state index is 12.2. The number of anilines is 1. The third-order valence-corrected chi connectivity index (χ3v) is 4.37. The topological polar surface area (TPSA) is 97.6 Å². The largest absolute Gasteiger partial charge is 0.497 e. The maximum absolute atomic E-state index is 12.2. The number of amides is 2. The lowest BCUT2D eigenvalue weighted by Crippen LogP contribution is -2.32. The first-order valence-corrected chi connectivity index (χ1v) is 9.10. The predicted octanol–water partition coefficient (Wildman–Crippen LogP) is 2.80. The molecular formula is C21H24N4O4. The van der Waals surface area contributed by atoms with Gasteiger partial charge in [-0.25, -0.2) is 4.79 Å². The molecule has 1 heterocycles. The minimum Gasteiger partial charge on any atom is -0.497 e. The number of nitrogens with one attached hydrogen (secondary N) is 2. The lowest BCUT2D eigenvalue weighted by Gasteiger charge is -2.17. The molecule has 0 aliphatic rings. The smallest absolute Gasteiger partial charge is 0.319 e. The fourth-order valence-electron chi connectivity index (χ4n) is 2.85. The minimum atomic E-state index is -0.942. The highest BCUT2D eigenvalue weighted by Gasteiger charge is 2.15. The molecule has 0 radical (unpaired) electrons. The van der Waals surface area contributed by atoms with E-state index in [2.05, 4.69) is 15.7 Å². The number of aliphatic hydroxyl groups excluding tert-OH is 1. The molecule has 0 aliphatic heterocycles. The molecule has 1 aromatic heterocycles. The van der Waals surface area contributed by atoms with E-state index in [-0.39, 0.29) is 6.54 Å². The van der Waals surface area contributed by atoms with E-state index < -0.39 is 12.1 Å². The molecule has 8 nitrogen and oxygen atoms in total. The van der Waals surface area contributed by atoms with E-state index in [0.717, 1.165) is 5.56 Å². The van der Waals surface area contributed by atoms with E-state index in [0.29, 0.717) is 29.3 Å². The molecule has 2 aromatic carbocycles. The van der Waals surface area contributed by atoms with Crippen LogP contribution in [0.4, 0.5) is 10.5 Å². The molecule has 3 N–H and O–H groups in total. The van der Waals surface area contributed by atoms with E-state index in [1.807, 2.05) is 41.2 Å². The number of carbonyl (C=O) groups is 1. The van der Waals surface area contributed by atoms with Gasteiger partial charge in [-0.3, -0.25) is 4.68 Å². The quantitative estimate of drug-likeness (QED) is 0.544. The van der Waals surface area contributed by atoms with Crippen LogP contribution >= 0.6 is 0 Å². The number of ether oxygens (including phenoxy) is 2. The zero-order valence-electron chi connectivity index (χ0n) is 16.3. The molecule has 0 saturated carbocycles. The lowest BCUT2D eigenvalue weighted by molar-refractivity contribution is 0.170. The molecule has 0 saturated heterocycles. The van der Waals surface area contributed by atoms with Gasteiger partial charge in [0.15, 0.2) is 0 Å². The Balaban J connectivity index is 1.53. The summed E-state index contributed by atoms with van der Waals surface area (Å²) in [5, 5.41) is 20.0. The number of nitrogens with zero attached hydrogens (tertiary/aromatic N) is 2. The van der Waals surface area contributed by atoms with Gasteiger partial charge in [0.05, 0.1) is 20.8 Å². The predicted molar refractivity (Wildman–Crippen MR) is 109 cm³/mol. The summed E-state index contributed by atoms with van der Waals surface area (Å²) >= 11 is 0. The summed E-state index contributed by atoms with van der Waals surface area (Å²) in [6.07, 6.45) is 2.68. The van der Waals surface area contributed by atoms with E-state index in [1.54, 1.807) is 31.5 Å². The number of aromatic nitrogens is 2. The molecule has 2 amide bonds. The van der Waals surface area contributed by atoms with Gasteiger partial charge in [0, 0.05) is 30.2 Å². The molecule has 152 valence electrons. The molecule has 1 unspecified atom stereocenters. The molecular weight excluding hydrogens is 372 g/mol. The van der Waals surface area contributed by atoms with Crippen molar-refractivity contribution in [1.29, 1.82) is 0 Å². The SMILES string of the molecule is COc1ccc(OC)c(C(O)CNC(=O)Nc2ccc(Cn3cccn3)cc2)c1. The number of rotatable bonds is 8. The Kier molecular flexibility index (Phi) is 6.70. The lowest BCUT2D eigenvalue weighted by atomic mass is 10.1. The second kappa shape index (κ2) is 9.61. The third-order valence-electron chi connectivity index (χ3n) is 4.37. The van der Waals surface area contributed by atoms with Crippen molar-refractivity contribution in [3.05, 3.63) is 72.1 Å². The Morgan fingerprint density at radius 3 is 2.62 bits per heavy atom. The maximum Gasteiger partial charge on any atom is 0.319 e. The van der Waals surface area contributed by atoms with Crippen LogP contribution in [0.2, 0.25) is 0 Å². The summed E-state index contributed by atoms with van der Waals surface area (Å²) in [6.45, 7) is 0.681. The summed E-state index contributed by atoms with van der Waals surface area (Å²) in [5.41, 5.74) is 2.26. The van der Waals surface area contributed by atoms with Crippen molar-refractivity contribution in [1.82, 2.24) is 15.1 Å². The first-order valence-electron chi connectivity index (χ1n) is 9.10. The Labute approximate surface area is 169 Å². The van der Waals surface area contributed by atoms with Gasteiger partial charge in [-0.05, 0) is 42.0 Å². The van der Waals surface area contributed by atoms with Gasteiger partial charge in [-0.1, -0.05) is 12.1 Å². The fourth-order valence-corrected chi connectivity index (χ4v) is 2.85. The van der Waals surface area contributed by atoms with Gasteiger partial charge in [0.1, 0.15) is 17.6 Å². The van der Waals surface area contributed by atoms with Gasteiger partial charge >= 0.3 is 6.03 Å². The molecule has 0 bridgehead atoms. The van der Waals surface area contributed by atoms with Crippen LogP contribution in [0.5, 0.6) is 11.5 Å². The molecule has 3 aromatic rings. The Bertz CT molecular complexity index is 926. The molecule has 1 atom stereocenters. The van der Waals surface area contributed by atoms with Crippen molar-refractivity contribution in [3.63, 3.8) is 0 Å². The molecule has 3 rings (SSSR count). The van der Waals surface area contributed by atoms with Gasteiger partial charge in [0.25, 0.3) is 0 Å². The van der Waals surface area contributed by atoms with E-state index in [1.165, 1.54) is 7.11 Å². The highest BCUT2D eigenvalue weighted by molar-refractivity contribution is 5.89. The number of hydrogen-bond acceptors (Lipinski definition) is 5. The Morgan fingerprint density at radius 2 is 1.97 bits per heavy atom. The molecule has 0 fully saturated rings. The van der Waals surface area contributed by atoms with Crippen molar-refractivity contribution in [2.45, 2.75) is 12.6 Å². The zero-order valence-corrected chi connectivity index (χ0v) is 16.3. The van der Waals surface area contributed by atoms with Crippen LogP contribution < -0.4 is 20.1 Å². The van der Waals surface area contributed by atoms with Crippen LogP contribution in [-0.4, -0.2) is 41.7 Å². The number of aliphatic hydroxyl groups is 1. The third kappa shape index (κ3) is 5.49. The van der Waals surface area contributed by atoms with Crippen LogP contribution in [0.3, 0.4) is 0 Å². The van der Waals surface area contributed by atoms with Gasteiger partial charge in [-0.2, -0.15) is 5.10 Å². The fraction of sp³-hybridized carbons (Fsp3) is 0.238. The van der Waals surface area contributed by atoms with Crippen LogP contribution in [-0.2, 0) is 6.54 Å². The van der Waals surface area contributed by atoms with Gasteiger partial charge < -0.3 is 25.2 Å². The van der Waals surface area contributed by atoms with Crippen molar-refractivity contribution in [2.24, 2.45) is 0 Å². The minimum absolute atomic E-state index is 0.0206. The average molecular weight is 396 g/mol. The number of carbonyl (C=O) groups excluding carboxylic acids is 1. The van der Waals surface area contributed by atoms with Gasteiger partial charge in [-0.15, -0.1) is 0 Å². The van der Waals surface area contributed by atoms with E-state index in [9.17, 15) is 9.90 Å². The first kappa shape index (κ1) is 20.2. The van der Waals surface area contributed by atoms with E-state index >= 15 is 0 Å². The average Bonchev–Trinajstić information content (AvgIpc) is 3.26. The second-order valence-electron chi connectivity index (χ2n) is 6.36. The van der Waals surface area contributed by atoms with Crippen molar-refractivity contribution >= 4 is 11.7 Å². The first-order chi connectivity index (χ1) is 14.1. The molecule has 29 heavy (non-hydrogen) atoms. The highest BCUT2D eigenvalue weighted by Crippen LogP contribution is 2.29. The molecule has 0 spiro atoms. The Hall–Kier alpha value is -3.52. The second-order valence-corrected chi connectivity index (χ2v) is 6.36. The van der Waals surface area contributed by atoms with Crippen molar-refractivity contribution in [3.8, 4) is 11.5 Å². The van der Waals surface area contributed by atoms with Crippen LogP contribution in [0.25, 0.3) is 0 Å². The summed E-state index contributed by atoms with van der Waals surface area (Å²) in [5.74, 6) is 1.12. The molecule has 0 aliphatic carbocycles. The van der Waals surface area contributed by atoms with Gasteiger partial charge in [0.2, 0.25) is 0 Å². The van der Waals surface area contributed by atoms with Crippen molar-refractivity contribution < 1.29 is 19.4 Å². The van der Waals surface area contributed by atoms with Crippen LogP contribution in [0.1, 0.15) is 17.2 Å².